The molecular formula is C29H36N8. The fourth-order valence-corrected chi connectivity index (χ4v) is 6.10. The van der Waals surface area contributed by atoms with E-state index in [9.17, 15) is 0 Å². The molecule has 2 aliphatic rings. The topological polar surface area (TPSA) is 125 Å². The van der Waals surface area contributed by atoms with Crippen molar-refractivity contribution in [1.82, 2.24) is 19.5 Å². The Morgan fingerprint density at radius 1 is 0.892 bits per heavy atom. The number of nitrogens with zero attached hydrogens (tertiary/aromatic N) is 5. The van der Waals surface area contributed by atoms with Crippen molar-refractivity contribution in [2.45, 2.75) is 76.0 Å². The van der Waals surface area contributed by atoms with Gasteiger partial charge in [0.25, 0.3) is 0 Å². The number of nitrogen functional groups attached to an aromatic ring is 2. The molecule has 2 aliphatic carbocycles. The molecule has 4 aromatic rings. The van der Waals surface area contributed by atoms with Crippen LogP contribution in [0.3, 0.4) is 0 Å². The molecule has 2 aromatic carbocycles. The Kier molecular flexibility index (Phi) is 6.42. The van der Waals surface area contributed by atoms with E-state index in [0.29, 0.717) is 29.9 Å². The molecule has 2 atom stereocenters. The average Bonchev–Trinajstić information content (AvgIpc) is 3.58. The molecule has 37 heavy (non-hydrogen) atoms. The van der Waals surface area contributed by atoms with Crippen LogP contribution in [0.1, 0.15) is 63.0 Å². The highest BCUT2D eigenvalue weighted by Gasteiger charge is 2.29. The van der Waals surface area contributed by atoms with Crippen LogP contribution in [-0.4, -0.2) is 31.6 Å². The van der Waals surface area contributed by atoms with Crippen molar-refractivity contribution >= 4 is 28.6 Å². The summed E-state index contributed by atoms with van der Waals surface area (Å²) in [7, 11) is 0. The molecule has 0 aliphatic heterocycles. The van der Waals surface area contributed by atoms with Gasteiger partial charge in [-0.1, -0.05) is 55.3 Å². The maximum absolute atomic E-state index is 6.47. The zero-order chi connectivity index (χ0) is 25.4. The Hall–Kier alpha value is -3.65. The molecule has 192 valence electrons. The number of rotatable bonds is 6. The first-order valence-corrected chi connectivity index (χ1v) is 13.5. The molecule has 2 fully saturated rings. The highest BCUT2D eigenvalue weighted by atomic mass is 15.3. The van der Waals surface area contributed by atoms with Gasteiger partial charge in [0.05, 0.1) is 6.33 Å². The number of anilines is 3. The van der Waals surface area contributed by atoms with E-state index in [4.69, 9.17) is 27.2 Å². The maximum atomic E-state index is 6.47. The predicted molar refractivity (Wildman–Crippen MR) is 150 cm³/mol. The van der Waals surface area contributed by atoms with Crippen molar-refractivity contribution in [3.05, 3.63) is 60.4 Å². The van der Waals surface area contributed by atoms with Gasteiger partial charge in [-0.05, 0) is 55.7 Å². The van der Waals surface area contributed by atoms with Gasteiger partial charge in [0.1, 0.15) is 5.52 Å². The average molecular weight is 497 g/mol. The molecule has 2 heterocycles. The number of aromatic nitrogens is 4. The summed E-state index contributed by atoms with van der Waals surface area (Å²) in [4.78, 5) is 16.8. The van der Waals surface area contributed by atoms with Crippen molar-refractivity contribution in [3.63, 3.8) is 0 Å². The van der Waals surface area contributed by atoms with Crippen molar-refractivity contribution in [2.75, 3.05) is 16.4 Å². The van der Waals surface area contributed by atoms with Crippen LogP contribution in [0.5, 0.6) is 0 Å². The molecule has 0 radical (unpaired) electrons. The van der Waals surface area contributed by atoms with E-state index in [1.54, 1.807) is 0 Å². The Bertz CT molecular complexity index is 1370. The Morgan fingerprint density at radius 2 is 1.68 bits per heavy atom. The molecule has 2 aromatic heterocycles. The van der Waals surface area contributed by atoms with Crippen molar-refractivity contribution < 1.29 is 0 Å². The van der Waals surface area contributed by atoms with Crippen molar-refractivity contribution in [1.29, 1.82) is 0 Å². The van der Waals surface area contributed by atoms with E-state index in [-0.39, 0.29) is 12.1 Å². The zero-order valence-electron chi connectivity index (χ0n) is 21.3. The van der Waals surface area contributed by atoms with Crippen LogP contribution in [0.15, 0.2) is 54.9 Å². The summed E-state index contributed by atoms with van der Waals surface area (Å²) in [5, 5.41) is 0. The van der Waals surface area contributed by atoms with E-state index < -0.39 is 0 Å². The third kappa shape index (κ3) is 4.73. The number of benzene rings is 2. The number of hydrogen-bond acceptors (Lipinski definition) is 7. The van der Waals surface area contributed by atoms with E-state index in [1.807, 2.05) is 24.5 Å². The second kappa shape index (κ2) is 10.0. The number of imidazole rings is 1. The summed E-state index contributed by atoms with van der Waals surface area (Å²) in [5.41, 5.74) is 24.8. The molecule has 6 rings (SSSR count). The van der Waals surface area contributed by atoms with Gasteiger partial charge in [-0.3, -0.25) is 0 Å². The van der Waals surface area contributed by atoms with Crippen molar-refractivity contribution in [2.24, 2.45) is 5.73 Å². The van der Waals surface area contributed by atoms with Gasteiger partial charge in [-0.15, -0.1) is 0 Å². The Balaban J connectivity index is 1.35. The normalized spacial score (nSPS) is 20.5. The molecule has 8 heteroatoms. The zero-order valence-corrected chi connectivity index (χ0v) is 21.3. The minimum absolute atomic E-state index is 0.190. The second-order valence-electron chi connectivity index (χ2n) is 10.7. The Morgan fingerprint density at radius 3 is 2.43 bits per heavy atom. The molecule has 2 unspecified atom stereocenters. The van der Waals surface area contributed by atoms with Crippen LogP contribution < -0.4 is 22.1 Å². The third-order valence-corrected chi connectivity index (χ3v) is 8.12. The molecule has 0 spiro atoms. The monoisotopic (exact) mass is 496 g/mol. The summed E-state index contributed by atoms with van der Waals surface area (Å²) in [5.74, 6) is 1.11. The highest BCUT2D eigenvalue weighted by molar-refractivity contribution is 5.83. The molecule has 0 bridgehead atoms. The van der Waals surface area contributed by atoms with Gasteiger partial charge >= 0.3 is 0 Å². The van der Waals surface area contributed by atoms with E-state index in [2.05, 4.69) is 44.8 Å². The summed E-state index contributed by atoms with van der Waals surface area (Å²) < 4.78 is 2.22. The van der Waals surface area contributed by atoms with Gasteiger partial charge in [0.2, 0.25) is 5.95 Å². The standard InChI is InChI=1S/C29H36N8/c30-21-6-5-9-23(16-21)36(17-19-12-14-20(15-13-19)24-10-3-4-11-25(24)31)29-34-27(32)26-28(35-29)37(18-33-26)22-7-1-2-8-22/h3-4,10-15,18,21-23H,1-2,5-9,16-17,30-31H2,(H2,32,34,35). The maximum Gasteiger partial charge on any atom is 0.230 e. The lowest BCUT2D eigenvalue weighted by Crippen LogP contribution is -2.43. The van der Waals surface area contributed by atoms with Gasteiger partial charge in [0, 0.05) is 35.9 Å². The first kappa shape index (κ1) is 23.7. The minimum atomic E-state index is 0.190. The van der Waals surface area contributed by atoms with Crippen molar-refractivity contribution in [3.8, 4) is 11.1 Å². The molecule has 0 saturated heterocycles. The molecule has 6 N–H and O–H groups in total. The summed E-state index contributed by atoms with van der Waals surface area (Å²) in [6.07, 6.45) is 10.8. The Labute approximate surface area is 217 Å². The number of nitrogens with two attached hydrogens (primary N) is 3. The van der Waals surface area contributed by atoms with Crippen LogP contribution >= 0.6 is 0 Å². The lowest BCUT2D eigenvalue weighted by atomic mass is 9.90. The van der Waals surface area contributed by atoms with Gasteiger partial charge < -0.3 is 26.7 Å². The van der Waals surface area contributed by atoms with Gasteiger partial charge in [0.15, 0.2) is 11.5 Å². The largest absolute Gasteiger partial charge is 0.398 e. The first-order valence-electron chi connectivity index (χ1n) is 13.5. The highest BCUT2D eigenvalue weighted by Crippen LogP contribution is 2.34. The fraction of sp³-hybridized carbons (Fsp3) is 0.414. The minimum Gasteiger partial charge on any atom is -0.398 e. The van der Waals surface area contributed by atoms with E-state index >= 15 is 0 Å². The van der Waals surface area contributed by atoms with E-state index in [0.717, 1.165) is 61.0 Å². The van der Waals surface area contributed by atoms with Crippen LogP contribution in [0.2, 0.25) is 0 Å². The molecular weight excluding hydrogens is 460 g/mol. The quantitative estimate of drug-likeness (QED) is 0.319. The number of fused-ring (bicyclic) bond motifs is 1. The molecule has 8 nitrogen and oxygen atoms in total. The predicted octanol–water partition coefficient (Wildman–Crippen LogP) is 5.05. The van der Waals surface area contributed by atoms with Crippen LogP contribution in [0.25, 0.3) is 22.3 Å². The number of hydrogen-bond donors (Lipinski definition) is 3. The summed E-state index contributed by atoms with van der Waals surface area (Å²) >= 11 is 0. The fourth-order valence-electron chi connectivity index (χ4n) is 6.10. The lowest BCUT2D eigenvalue weighted by molar-refractivity contribution is 0.368. The summed E-state index contributed by atoms with van der Waals surface area (Å²) in [6, 6.07) is 17.5. The smallest absolute Gasteiger partial charge is 0.230 e. The SMILES string of the molecule is Nc1ccccc1-c1ccc(CN(c2nc(N)c3ncn(C4CCCC4)c3n2)C2CCCC(N)C2)cc1. The number of para-hydroxylation sites is 1. The first-order chi connectivity index (χ1) is 18.1. The van der Waals surface area contributed by atoms with E-state index in [1.165, 1.54) is 18.4 Å². The van der Waals surface area contributed by atoms with Crippen LogP contribution in [-0.2, 0) is 6.54 Å². The molecule has 2 saturated carbocycles. The van der Waals surface area contributed by atoms with Crippen LogP contribution in [0.4, 0.5) is 17.5 Å². The molecule has 0 amide bonds. The third-order valence-electron chi connectivity index (χ3n) is 8.12. The second-order valence-corrected chi connectivity index (χ2v) is 10.7. The van der Waals surface area contributed by atoms with Crippen LogP contribution in [0, 0.1) is 0 Å². The van der Waals surface area contributed by atoms with Gasteiger partial charge in [-0.2, -0.15) is 9.97 Å². The van der Waals surface area contributed by atoms with Gasteiger partial charge in [-0.25, -0.2) is 4.98 Å². The summed E-state index contributed by atoms with van der Waals surface area (Å²) in [6.45, 7) is 0.685. The lowest BCUT2D eigenvalue weighted by Gasteiger charge is -2.36.